The summed E-state index contributed by atoms with van der Waals surface area (Å²) in [6, 6.07) is 4.70. The van der Waals surface area contributed by atoms with Crippen LogP contribution in [0.15, 0.2) is 15.9 Å². The van der Waals surface area contributed by atoms with Gasteiger partial charge in [0, 0.05) is 18.0 Å². The molecule has 2 rings (SSSR count). The first-order chi connectivity index (χ1) is 8.72. The number of ether oxygens (including phenoxy) is 1. The summed E-state index contributed by atoms with van der Waals surface area (Å²) in [6.45, 7) is 6.01. The number of rotatable bonds is 5. The molecule has 5 heteroatoms. The van der Waals surface area contributed by atoms with Crippen molar-refractivity contribution >= 4 is 27.3 Å². The minimum atomic E-state index is 0.251. The lowest BCUT2D eigenvalue weighted by molar-refractivity contribution is -0.0601. The van der Waals surface area contributed by atoms with Gasteiger partial charge in [-0.25, -0.2) is 0 Å². The van der Waals surface area contributed by atoms with E-state index >= 15 is 0 Å². The summed E-state index contributed by atoms with van der Waals surface area (Å²) in [6.07, 6.45) is 1.42. The van der Waals surface area contributed by atoms with E-state index in [1.807, 2.05) is 11.3 Å². The first kappa shape index (κ1) is 14.5. The van der Waals surface area contributed by atoms with E-state index in [1.54, 1.807) is 0 Å². The first-order valence-corrected chi connectivity index (χ1v) is 8.11. The Morgan fingerprint density at radius 3 is 3.06 bits per heavy atom. The first-order valence-electron chi connectivity index (χ1n) is 6.50. The van der Waals surface area contributed by atoms with Crippen molar-refractivity contribution in [2.24, 2.45) is 0 Å². The predicted octanol–water partition coefficient (Wildman–Crippen LogP) is 2.88. The molecule has 0 amide bonds. The smallest absolute Gasteiger partial charge is 0.0904 e. The summed E-state index contributed by atoms with van der Waals surface area (Å²) < 4.78 is 7.15. The molecule has 1 aliphatic rings. The molecule has 0 aliphatic carbocycles. The van der Waals surface area contributed by atoms with Gasteiger partial charge in [0.25, 0.3) is 0 Å². The maximum atomic E-state index is 5.96. The van der Waals surface area contributed by atoms with Gasteiger partial charge in [-0.3, -0.25) is 4.90 Å². The summed E-state index contributed by atoms with van der Waals surface area (Å²) in [5.41, 5.74) is 0. The maximum Gasteiger partial charge on any atom is 0.0904 e. The Morgan fingerprint density at radius 1 is 1.56 bits per heavy atom. The summed E-state index contributed by atoms with van der Waals surface area (Å²) in [5, 5.41) is 3.47. The van der Waals surface area contributed by atoms with Gasteiger partial charge in [0.15, 0.2) is 0 Å². The fourth-order valence-corrected chi connectivity index (χ4v) is 3.98. The van der Waals surface area contributed by atoms with E-state index in [0.717, 1.165) is 32.7 Å². The summed E-state index contributed by atoms with van der Waals surface area (Å²) in [7, 11) is 2.19. The second kappa shape index (κ2) is 7.01. The third-order valence-corrected chi connectivity index (χ3v) is 4.96. The van der Waals surface area contributed by atoms with Crippen molar-refractivity contribution in [2.45, 2.75) is 25.5 Å². The number of nitrogens with zero attached hydrogens (tertiary/aromatic N) is 1. The number of nitrogens with one attached hydrogen (secondary N) is 1. The van der Waals surface area contributed by atoms with Gasteiger partial charge in [-0.15, -0.1) is 11.3 Å². The molecular formula is C13H21BrN2OS. The molecule has 0 saturated carbocycles. The minimum absolute atomic E-state index is 0.251. The van der Waals surface area contributed by atoms with Crippen molar-refractivity contribution in [3.63, 3.8) is 0 Å². The summed E-state index contributed by atoms with van der Waals surface area (Å²) >= 11 is 5.35. The highest BCUT2D eigenvalue weighted by Gasteiger charge is 2.32. The Balaban J connectivity index is 2.05. The van der Waals surface area contributed by atoms with Gasteiger partial charge < -0.3 is 10.1 Å². The van der Waals surface area contributed by atoms with E-state index < -0.39 is 0 Å². The molecule has 1 aliphatic heterocycles. The van der Waals surface area contributed by atoms with Crippen molar-refractivity contribution in [1.82, 2.24) is 10.2 Å². The second-order valence-electron chi connectivity index (χ2n) is 4.68. The molecule has 0 bridgehead atoms. The van der Waals surface area contributed by atoms with E-state index in [4.69, 9.17) is 4.74 Å². The topological polar surface area (TPSA) is 24.5 Å². The van der Waals surface area contributed by atoms with Crippen molar-refractivity contribution in [3.8, 4) is 0 Å². The Hall–Kier alpha value is 0.0600. The van der Waals surface area contributed by atoms with Crippen LogP contribution in [-0.2, 0) is 4.74 Å². The second-order valence-corrected chi connectivity index (χ2v) is 7.18. The van der Waals surface area contributed by atoms with Crippen molar-refractivity contribution in [1.29, 1.82) is 0 Å². The molecule has 1 saturated heterocycles. The zero-order valence-corrected chi connectivity index (χ0v) is 13.4. The van der Waals surface area contributed by atoms with Gasteiger partial charge >= 0.3 is 0 Å². The van der Waals surface area contributed by atoms with Gasteiger partial charge in [0.2, 0.25) is 0 Å². The molecule has 0 spiro atoms. The number of thiophene rings is 1. The molecular weight excluding hydrogens is 312 g/mol. The number of halogens is 1. The van der Waals surface area contributed by atoms with E-state index in [0.29, 0.717) is 6.04 Å². The Bertz CT molecular complexity index is 372. The lowest BCUT2D eigenvalue weighted by Gasteiger charge is -2.38. The van der Waals surface area contributed by atoms with Crippen LogP contribution in [0.2, 0.25) is 0 Å². The normalized spacial score (nSPS) is 25.5. The zero-order valence-electron chi connectivity index (χ0n) is 11.0. The largest absolute Gasteiger partial charge is 0.374 e. The van der Waals surface area contributed by atoms with E-state index in [9.17, 15) is 0 Å². The molecule has 0 radical (unpaired) electrons. The van der Waals surface area contributed by atoms with E-state index in [-0.39, 0.29) is 6.10 Å². The molecule has 1 fully saturated rings. The molecule has 2 atom stereocenters. The van der Waals surface area contributed by atoms with Crippen LogP contribution in [0, 0.1) is 0 Å². The highest BCUT2D eigenvalue weighted by molar-refractivity contribution is 9.11. The molecule has 1 aromatic rings. The monoisotopic (exact) mass is 332 g/mol. The molecule has 102 valence electrons. The zero-order chi connectivity index (χ0) is 13.0. The van der Waals surface area contributed by atoms with Gasteiger partial charge in [-0.2, -0.15) is 0 Å². The molecule has 2 heterocycles. The third-order valence-electron chi connectivity index (χ3n) is 3.26. The molecule has 1 aromatic heterocycles. The van der Waals surface area contributed by atoms with Gasteiger partial charge in [-0.1, -0.05) is 6.92 Å². The van der Waals surface area contributed by atoms with Crippen molar-refractivity contribution in [3.05, 3.63) is 20.8 Å². The van der Waals surface area contributed by atoms with Crippen LogP contribution in [0.4, 0.5) is 0 Å². The number of hydrogen-bond acceptors (Lipinski definition) is 4. The van der Waals surface area contributed by atoms with Crippen LogP contribution in [0.25, 0.3) is 0 Å². The maximum absolute atomic E-state index is 5.96. The van der Waals surface area contributed by atoms with Crippen LogP contribution in [0.3, 0.4) is 0 Å². The van der Waals surface area contributed by atoms with Crippen LogP contribution in [0.5, 0.6) is 0 Å². The molecule has 18 heavy (non-hydrogen) atoms. The highest BCUT2D eigenvalue weighted by Crippen LogP contribution is 2.34. The standard InChI is InChI=1S/C13H21BrN2OS/c1-3-6-15-9-10-13(16(2)7-8-17-10)11-4-5-12(14)18-11/h4-5,10,13,15H,3,6-9H2,1-2H3. The van der Waals surface area contributed by atoms with E-state index in [2.05, 4.69) is 52.3 Å². The van der Waals surface area contributed by atoms with Crippen LogP contribution in [-0.4, -0.2) is 44.3 Å². The van der Waals surface area contributed by atoms with E-state index in [1.165, 1.54) is 8.66 Å². The van der Waals surface area contributed by atoms with Crippen LogP contribution < -0.4 is 5.32 Å². The molecule has 1 N–H and O–H groups in total. The average Bonchev–Trinajstić information content (AvgIpc) is 2.76. The SMILES string of the molecule is CCCNCC1OCCN(C)C1c1ccc(Br)s1. The highest BCUT2D eigenvalue weighted by atomic mass is 79.9. The Kier molecular flexibility index (Phi) is 5.63. The summed E-state index contributed by atoms with van der Waals surface area (Å²) in [4.78, 5) is 3.78. The lowest BCUT2D eigenvalue weighted by Crippen LogP contribution is -2.47. The fourth-order valence-electron chi connectivity index (χ4n) is 2.34. The number of hydrogen-bond donors (Lipinski definition) is 1. The third kappa shape index (κ3) is 3.54. The quantitative estimate of drug-likeness (QED) is 0.839. The average molecular weight is 333 g/mol. The fraction of sp³-hybridized carbons (Fsp3) is 0.692. The van der Waals surface area contributed by atoms with Gasteiger partial charge in [-0.05, 0) is 48.1 Å². The van der Waals surface area contributed by atoms with Crippen LogP contribution in [0.1, 0.15) is 24.3 Å². The molecule has 2 unspecified atom stereocenters. The van der Waals surface area contributed by atoms with Crippen LogP contribution >= 0.6 is 27.3 Å². The summed E-state index contributed by atoms with van der Waals surface area (Å²) in [5.74, 6) is 0. The predicted molar refractivity (Wildman–Crippen MR) is 80.3 cm³/mol. The number of morpholine rings is 1. The number of likely N-dealkylation sites (N-methyl/N-ethyl adjacent to an activating group) is 1. The van der Waals surface area contributed by atoms with Crippen molar-refractivity contribution in [2.75, 3.05) is 33.3 Å². The Labute approximate surface area is 122 Å². The lowest BCUT2D eigenvalue weighted by atomic mass is 10.1. The molecule has 3 nitrogen and oxygen atoms in total. The Morgan fingerprint density at radius 2 is 2.39 bits per heavy atom. The minimum Gasteiger partial charge on any atom is -0.374 e. The molecule has 0 aromatic carbocycles. The van der Waals surface area contributed by atoms with Gasteiger partial charge in [0.05, 0.1) is 22.5 Å². The van der Waals surface area contributed by atoms with Gasteiger partial charge in [0.1, 0.15) is 0 Å². The van der Waals surface area contributed by atoms with Crippen molar-refractivity contribution < 1.29 is 4.74 Å².